The molecule has 0 radical (unpaired) electrons. The highest BCUT2D eigenvalue weighted by atomic mass is 19.1. The lowest BCUT2D eigenvalue weighted by atomic mass is 9.75. The molecule has 0 saturated carbocycles. The molecule has 15 heteroatoms. The van der Waals surface area contributed by atoms with Crippen LogP contribution < -0.4 is 10.6 Å². The van der Waals surface area contributed by atoms with Crippen molar-refractivity contribution in [3.8, 4) is 22.3 Å². The number of halogens is 4. The summed E-state index contributed by atoms with van der Waals surface area (Å²) in [6.07, 6.45) is 13.8. The highest BCUT2D eigenvalue weighted by molar-refractivity contribution is 5.79. The summed E-state index contributed by atoms with van der Waals surface area (Å²) in [5, 5.41) is 15.7. The van der Waals surface area contributed by atoms with Crippen molar-refractivity contribution in [2.45, 2.75) is 38.0 Å². The van der Waals surface area contributed by atoms with Gasteiger partial charge in [0.1, 0.15) is 34.6 Å². The van der Waals surface area contributed by atoms with Gasteiger partial charge < -0.3 is 9.80 Å². The topological polar surface area (TPSA) is 109 Å². The van der Waals surface area contributed by atoms with E-state index in [2.05, 4.69) is 44.6 Å². The Hall–Kier alpha value is -5.93. The molecule has 0 spiro atoms. The molecule has 300 valence electrons. The molecule has 4 atom stereocenters. The zero-order valence-corrected chi connectivity index (χ0v) is 32.6. The van der Waals surface area contributed by atoms with Gasteiger partial charge in [-0.1, -0.05) is 26.0 Å². The quantitative estimate of drug-likeness (QED) is 0.136. The summed E-state index contributed by atoms with van der Waals surface area (Å²) in [6, 6.07) is 11.6. The summed E-state index contributed by atoms with van der Waals surface area (Å²) in [4.78, 5) is 27.5. The second kappa shape index (κ2) is 15.4. The van der Waals surface area contributed by atoms with Crippen molar-refractivity contribution >= 4 is 6.03 Å². The number of nitrogens with zero attached hydrogens (tertiary/aromatic N) is 8. The number of hydrogen-bond donors (Lipinski definition) is 2. The Morgan fingerprint density at radius 1 is 0.690 bits per heavy atom. The van der Waals surface area contributed by atoms with E-state index in [0.29, 0.717) is 35.3 Å². The van der Waals surface area contributed by atoms with E-state index in [1.807, 2.05) is 24.3 Å². The first kappa shape index (κ1) is 38.9. The van der Waals surface area contributed by atoms with E-state index < -0.39 is 34.6 Å². The van der Waals surface area contributed by atoms with Crippen LogP contribution in [0.3, 0.4) is 0 Å². The molecule has 6 aromatic rings. The third kappa shape index (κ3) is 6.71. The Labute approximate surface area is 333 Å². The number of likely N-dealkylation sites (tertiary alicyclic amines) is 2. The Bertz CT molecular complexity index is 2280. The second-order valence-electron chi connectivity index (χ2n) is 15.3. The minimum atomic E-state index is -1.01. The first-order valence-corrected chi connectivity index (χ1v) is 19.3. The Morgan fingerprint density at radius 3 is 1.47 bits per heavy atom. The third-order valence-corrected chi connectivity index (χ3v) is 11.7. The lowest BCUT2D eigenvalue weighted by Crippen LogP contribution is -2.80. The van der Waals surface area contributed by atoms with Gasteiger partial charge in [-0.3, -0.25) is 30.0 Å². The molecule has 2 fully saturated rings. The van der Waals surface area contributed by atoms with Gasteiger partial charge in [0.2, 0.25) is 0 Å². The summed E-state index contributed by atoms with van der Waals surface area (Å²) >= 11 is 0. The van der Waals surface area contributed by atoms with Gasteiger partial charge in [0.05, 0.1) is 12.4 Å². The lowest BCUT2D eigenvalue weighted by molar-refractivity contribution is -0.126. The Kier molecular flexibility index (Phi) is 10.4. The first-order valence-electron chi connectivity index (χ1n) is 19.3. The largest absolute Gasteiger partial charge is 0.323 e. The summed E-state index contributed by atoms with van der Waals surface area (Å²) in [5.41, 5.74) is 2.06. The van der Waals surface area contributed by atoms with Gasteiger partial charge in [-0.25, -0.2) is 22.4 Å². The van der Waals surface area contributed by atoms with Crippen LogP contribution >= 0.6 is 0 Å². The lowest BCUT2D eigenvalue weighted by Gasteiger charge is -2.64. The Morgan fingerprint density at radius 2 is 1.12 bits per heavy atom. The SMILES string of the molecule is CC1CN(C(=O)N2CC(C)C2(NCCc2cc(F)cc(F)c2-c2cnn(C)c2)c2cccnc2)C1(NCCc1cc(F)cc(F)c1-c1cnn(C)c1)c1cccnc1. The number of aryl methyl sites for hydroxylation is 2. The summed E-state index contributed by atoms with van der Waals surface area (Å²) in [5.74, 6) is -2.87. The van der Waals surface area contributed by atoms with Crippen LogP contribution in [0.4, 0.5) is 22.4 Å². The average molecular weight is 793 g/mol. The number of pyridine rings is 2. The molecule has 8 rings (SSSR count). The van der Waals surface area contributed by atoms with E-state index in [4.69, 9.17) is 0 Å². The highest BCUT2D eigenvalue weighted by Crippen LogP contribution is 2.49. The Balaban J connectivity index is 1.09. The number of nitrogens with one attached hydrogen (secondary N) is 2. The molecule has 58 heavy (non-hydrogen) atoms. The van der Waals surface area contributed by atoms with Crippen molar-refractivity contribution < 1.29 is 22.4 Å². The number of hydrogen-bond acceptors (Lipinski definition) is 7. The van der Waals surface area contributed by atoms with Gasteiger partial charge in [0.25, 0.3) is 0 Å². The summed E-state index contributed by atoms with van der Waals surface area (Å²) in [7, 11) is 3.46. The van der Waals surface area contributed by atoms with Crippen LogP contribution in [0, 0.1) is 35.1 Å². The third-order valence-electron chi connectivity index (χ3n) is 11.7. The van der Waals surface area contributed by atoms with Gasteiger partial charge in [0.15, 0.2) is 0 Å². The van der Waals surface area contributed by atoms with Crippen molar-refractivity contribution in [3.05, 3.63) is 144 Å². The number of amides is 2. The van der Waals surface area contributed by atoms with Crippen LogP contribution in [0.1, 0.15) is 36.1 Å². The molecule has 4 aromatic heterocycles. The molecular weight excluding hydrogens is 749 g/mol. The fraction of sp³-hybridized carbons (Fsp3) is 0.326. The molecule has 2 aliphatic rings. The van der Waals surface area contributed by atoms with E-state index in [0.717, 1.165) is 23.3 Å². The molecule has 2 amide bonds. The number of rotatable bonds is 12. The number of carbonyl (C=O) groups excluding carboxylic acids is 1. The molecule has 2 aromatic carbocycles. The standard InChI is InChI=1S/C43H44F4N10O/c1-27-23-56(42(27,33-7-5-11-48-21-33)50-13-9-29-15-35(44)17-37(46)39(29)31-19-52-54(3)25-31)41(58)57-24-28(2)43(57,34-8-6-12-49-22-34)51-14-10-30-16-36(45)18-38(47)40(30)32-20-53-55(4)26-32/h5-8,11-12,15-22,25-28,50-51H,9-10,13-14,23-24H2,1-4H3. The van der Waals surface area contributed by atoms with E-state index >= 15 is 13.6 Å². The van der Waals surface area contributed by atoms with Crippen LogP contribution in [0.15, 0.2) is 98.1 Å². The van der Waals surface area contributed by atoms with Crippen LogP contribution in [0.5, 0.6) is 0 Å². The maximum atomic E-state index is 15.3. The predicted octanol–water partition coefficient (Wildman–Crippen LogP) is 6.53. The van der Waals surface area contributed by atoms with Crippen LogP contribution in [-0.4, -0.2) is 71.5 Å². The van der Waals surface area contributed by atoms with Crippen molar-refractivity contribution in [2.24, 2.45) is 25.9 Å². The molecule has 6 heterocycles. The normalized spacial score (nSPS) is 21.5. The molecule has 4 unspecified atom stereocenters. The number of urea groups is 1. The zero-order valence-electron chi connectivity index (χ0n) is 32.6. The van der Waals surface area contributed by atoms with E-state index in [9.17, 15) is 8.78 Å². The molecule has 11 nitrogen and oxygen atoms in total. The van der Waals surface area contributed by atoms with Crippen molar-refractivity contribution in [3.63, 3.8) is 0 Å². The maximum Gasteiger partial charge on any atom is 0.323 e. The van der Waals surface area contributed by atoms with Gasteiger partial charge in [-0.05, 0) is 48.2 Å². The molecule has 0 bridgehead atoms. The van der Waals surface area contributed by atoms with Crippen LogP contribution in [0.2, 0.25) is 0 Å². The van der Waals surface area contributed by atoms with Gasteiger partial charge in [-0.2, -0.15) is 10.2 Å². The second-order valence-corrected chi connectivity index (χ2v) is 15.3. The summed E-state index contributed by atoms with van der Waals surface area (Å²) in [6.45, 7) is 5.48. The van der Waals surface area contributed by atoms with Crippen LogP contribution in [0.25, 0.3) is 22.3 Å². The monoisotopic (exact) mass is 792 g/mol. The van der Waals surface area contributed by atoms with E-state index in [1.165, 1.54) is 12.1 Å². The number of carbonyl (C=O) groups is 1. The van der Waals surface area contributed by atoms with Crippen molar-refractivity contribution in [1.29, 1.82) is 0 Å². The molecule has 2 N–H and O–H groups in total. The highest BCUT2D eigenvalue weighted by Gasteiger charge is 2.61. The van der Waals surface area contributed by atoms with E-state index in [-0.39, 0.29) is 54.9 Å². The number of aromatic nitrogens is 6. The van der Waals surface area contributed by atoms with Gasteiger partial charge in [-0.15, -0.1) is 0 Å². The zero-order chi connectivity index (χ0) is 40.8. The minimum absolute atomic E-state index is 0.0732. The molecule has 2 saturated heterocycles. The average Bonchev–Trinajstić information content (AvgIpc) is 3.83. The molecule has 0 aliphatic carbocycles. The minimum Gasteiger partial charge on any atom is -0.301 e. The smallest absolute Gasteiger partial charge is 0.301 e. The van der Waals surface area contributed by atoms with Gasteiger partial charge in [0, 0.05) is 135 Å². The van der Waals surface area contributed by atoms with Crippen molar-refractivity contribution in [2.75, 3.05) is 26.2 Å². The molecule has 2 aliphatic heterocycles. The fourth-order valence-corrected chi connectivity index (χ4v) is 8.98. The first-order chi connectivity index (χ1) is 27.9. The predicted molar refractivity (Wildman–Crippen MR) is 209 cm³/mol. The van der Waals surface area contributed by atoms with E-state index in [1.54, 1.807) is 82.8 Å². The van der Waals surface area contributed by atoms with Crippen LogP contribution in [-0.2, 0) is 38.3 Å². The maximum absolute atomic E-state index is 15.3. The van der Waals surface area contributed by atoms with Gasteiger partial charge >= 0.3 is 6.03 Å². The number of benzene rings is 2. The fourth-order valence-electron chi connectivity index (χ4n) is 8.98. The van der Waals surface area contributed by atoms with Crippen molar-refractivity contribution in [1.82, 2.24) is 50.0 Å². The summed E-state index contributed by atoms with van der Waals surface area (Å²) < 4.78 is 63.1. The molecular formula is C43H44F4N10O.